The lowest BCUT2D eigenvalue weighted by molar-refractivity contribution is 0.0434. The van der Waals surface area contributed by atoms with E-state index in [-0.39, 0.29) is 5.54 Å². The van der Waals surface area contributed by atoms with Gasteiger partial charge in [-0.15, -0.1) is 0 Å². The molecule has 0 unspecified atom stereocenters. The van der Waals surface area contributed by atoms with Gasteiger partial charge < -0.3 is 10.8 Å². The molecule has 0 atom stereocenters. The van der Waals surface area contributed by atoms with Crippen molar-refractivity contribution in [3.05, 3.63) is 0 Å². The van der Waals surface area contributed by atoms with Crippen LogP contribution in [0.5, 0.6) is 0 Å². The summed E-state index contributed by atoms with van der Waals surface area (Å²) < 4.78 is 0. The summed E-state index contributed by atoms with van der Waals surface area (Å²) in [6.45, 7) is 7.81. The smallest absolute Gasteiger partial charge is 0.0431 e. The fraction of sp³-hybridized carbons (Fsp3) is 1.00. The first-order chi connectivity index (χ1) is 8.72. The molecule has 0 aromatic heterocycles. The maximum absolute atomic E-state index is 8.91. The van der Waals surface area contributed by atoms with Crippen LogP contribution in [0.1, 0.15) is 58.8 Å². The average Bonchev–Trinajstić information content (AvgIpc) is 2.44. The molecule has 1 fully saturated rings. The van der Waals surface area contributed by atoms with Crippen LogP contribution in [-0.4, -0.2) is 41.8 Å². The van der Waals surface area contributed by atoms with Gasteiger partial charge in [-0.3, -0.25) is 4.90 Å². The summed E-state index contributed by atoms with van der Waals surface area (Å²) in [6.07, 6.45) is 8.51. The minimum Gasteiger partial charge on any atom is -0.396 e. The maximum atomic E-state index is 8.91. The number of nitrogens with two attached hydrogens (primary N) is 1. The third kappa shape index (κ3) is 3.94. The van der Waals surface area contributed by atoms with E-state index in [1.807, 2.05) is 0 Å². The van der Waals surface area contributed by atoms with E-state index in [1.54, 1.807) is 0 Å². The standard InChI is InChI=1S/C15H32N2O/c1-3-14-7-9-15(13-16,10-8-14)17(4-2)11-5-6-12-18/h14,18H,3-13,16H2,1-2H3. The molecule has 0 bridgehead atoms. The third-order valence-corrected chi connectivity index (χ3v) is 4.88. The Kier molecular flexibility index (Phi) is 7.20. The summed E-state index contributed by atoms with van der Waals surface area (Å²) in [5.41, 5.74) is 6.36. The lowest BCUT2D eigenvalue weighted by Gasteiger charge is -2.47. The summed E-state index contributed by atoms with van der Waals surface area (Å²) in [7, 11) is 0. The van der Waals surface area contributed by atoms with Gasteiger partial charge in [0.15, 0.2) is 0 Å². The number of unbranched alkanes of at least 4 members (excludes halogenated alkanes) is 1. The van der Waals surface area contributed by atoms with Crippen molar-refractivity contribution >= 4 is 0 Å². The van der Waals surface area contributed by atoms with Crippen LogP contribution in [0.4, 0.5) is 0 Å². The zero-order valence-corrected chi connectivity index (χ0v) is 12.3. The molecule has 0 heterocycles. The molecule has 0 amide bonds. The van der Waals surface area contributed by atoms with E-state index < -0.39 is 0 Å². The van der Waals surface area contributed by atoms with Crippen LogP contribution >= 0.6 is 0 Å². The zero-order chi connectivity index (χ0) is 13.4. The van der Waals surface area contributed by atoms with E-state index in [4.69, 9.17) is 10.8 Å². The van der Waals surface area contributed by atoms with E-state index >= 15 is 0 Å². The first-order valence-electron chi connectivity index (χ1n) is 7.78. The Morgan fingerprint density at radius 3 is 2.33 bits per heavy atom. The number of hydrogen-bond donors (Lipinski definition) is 2. The van der Waals surface area contributed by atoms with Gasteiger partial charge in [-0.2, -0.15) is 0 Å². The first kappa shape index (κ1) is 15.9. The van der Waals surface area contributed by atoms with Crippen molar-refractivity contribution in [1.82, 2.24) is 4.90 Å². The van der Waals surface area contributed by atoms with E-state index in [1.165, 1.54) is 32.1 Å². The van der Waals surface area contributed by atoms with E-state index in [0.29, 0.717) is 6.61 Å². The van der Waals surface area contributed by atoms with Gasteiger partial charge >= 0.3 is 0 Å². The molecule has 0 aromatic rings. The van der Waals surface area contributed by atoms with Crippen LogP contribution in [0.15, 0.2) is 0 Å². The lowest BCUT2D eigenvalue weighted by atomic mass is 9.74. The second-order valence-electron chi connectivity index (χ2n) is 5.79. The zero-order valence-electron chi connectivity index (χ0n) is 12.3. The van der Waals surface area contributed by atoms with E-state index in [0.717, 1.165) is 38.4 Å². The number of hydrogen-bond acceptors (Lipinski definition) is 3. The summed E-state index contributed by atoms with van der Waals surface area (Å²) in [5, 5.41) is 8.91. The van der Waals surface area contributed by atoms with E-state index in [9.17, 15) is 0 Å². The minimum atomic E-state index is 0.246. The van der Waals surface area contributed by atoms with Crippen molar-refractivity contribution in [3.63, 3.8) is 0 Å². The Morgan fingerprint density at radius 2 is 1.89 bits per heavy atom. The lowest BCUT2D eigenvalue weighted by Crippen LogP contribution is -2.56. The molecule has 108 valence electrons. The fourth-order valence-electron chi connectivity index (χ4n) is 3.42. The Bertz CT molecular complexity index is 213. The SMILES string of the molecule is CCC1CCC(CN)(N(CC)CCCCO)CC1. The number of likely N-dealkylation sites (N-methyl/N-ethyl adjacent to an activating group) is 1. The van der Waals surface area contributed by atoms with Crippen LogP contribution in [0.2, 0.25) is 0 Å². The molecule has 0 aromatic carbocycles. The highest BCUT2D eigenvalue weighted by Crippen LogP contribution is 2.37. The van der Waals surface area contributed by atoms with Gasteiger partial charge in [-0.05, 0) is 57.5 Å². The molecule has 3 N–H and O–H groups in total. The van der Waals surface area contributed by atoms with Crippen LogP contribution in [0.3, 0.4) is 0 Å². The first-order valence-corrected chi connectivity index (χ1v) is 7.78. The van der Waals surface area contributed by atoms with Gasteiger partial charge in [-0.1, -0.05) is 20.3 Å². The largest absolute Gasteiger partial charge is 0.396 e. The van der Waals surface area contributed by atoms with Gasteiger partial charge in [0.2, 0.25) is 0 Å². The second kappa shape index (κ2) is 8.13. The quantitative estimate of drug-likeness (QED) is 0.656. The van der Waals surface area contributed by atoms with Crippen molar-refractivity contribution in [2.45, 2.75) is 64.3 Å². The summed E-state index contributed by atoms with van der Waals surface area (Å²) >= 11 is 0. The second-order valence-corrected chi connectivity index (χ2v) is 5.79. The minimum absolute atomic E-state index is 0.246. The number of aliphatic hydroxyl groups is 1. The van der Waals surface area contributed by atoms with Gasteiger partial charge in [0, 0.05) is 18.7 Å². The van der Waals surface area contributed by atoms with Crippen molar-refractivity contribution in [3.8, 4) is 0 Å². The van der Waals surface area contributed by atoms with Crippen molar-refractivity contribution in [2.24, 2.45) is 11.7 Å². The summed E-state index contributed by atoms with van der Waals surface area (Å²) in [6, 6.07) is 0. The number of aliphatic hydroxyl groups excluding tert-OH is 1. The Labute approximate surface area is 113 Å². The van der Waals surface area contributed by atoms with Crippen molar-refractivity contribution in [1.29, 1.82) is 0 Å². The van der Waals surface area contributed by atoms with Crippen LogP contribution in [0, 0.1) is 5.92 Å². The van der Waals surface area contributed by atoms with Gasteiger partial charge in [0.05, 0.1) is 0 Å². The molecule has 3 nitrogen and oxygen atoms in total. The molecule has 0 spiro atoms. The molecule has 0 radical (unpaired) electrons. The summed E-state index contributed by atoms with van der Waals surface area (Å²) in [5.74, 6) is 0.917. The normalized spacial score (nSPS) is 28.8. The molecule has 0 aliphatic heterocycles. The molecule has 1 aliphatic rings. The number of nitrogens with zero attached hydrogens (tertiary/aromatic N) is 1. The van der Waals surface area contributed by atoms with Gasteiger partial charge in [0.25, 0.3) is 0 Å². The Hall–Kier alpha value is -0.120. The molecule has 0 saturated heterocycles. The van der Waals surface area contributed by atoms with Crippen LogP contribution in [-0.2, 0) is 0 Å². The van der Waals surface area contributed by atoms with E-state index in [2.05, 4.69) is 18.7 Å². The molecule has 1 aliphatic carbocycles. The Balaban J connectivity index is 2.55. The van der Waals surface area contributed by atoms with Crippen molar-refractivity contribution < 1.29 is 5.11 Å². The third-order valence-electron chi connectivity index (χ3n) is 4.88. The molecule has 1 rings (SSSR count). The monoisotopic (exact) mass is 256 g/mol. The summed E-state index contributed by atoms with van der Waals surface area (Å²) in [4.78, 5) is 2.58. The molecular formula is C15H32N2O. The van der Waals surface area contributed by atoms with Gasteiger partial charge in [0.1, 0.15) is 0 Å². The maximum Gasteiger partial charge on any atom is 0.0431 e. The molecule has 1 saturated carbocycles. The highest BCUT2D eigenvalue weighted by atomic mass is 16.2. The average molecular weight is 256 g/mol. The number of rotatable bonds is 8. The molecular weight excluding hydrogens is 224 g/mol. The van der Waals surface area contributed by atoms with Gasteiger partial charge in [-0.25, -0.2) is 0 Å². The fourth-order valence-corrected chi connectivity index (χ4v) is 3.42. The molecule has 18 heavy (non-hydrogen) atoms. The van der Waals surface area contributed by atoms with Crippen LogP contribution in [0.25, 0.3) is 0 Å². The topological polar surface area (TPSA) is 49.5 Å². The highest BCUT2D eigenvalue weighted by molar-refractivity contribution is 4.95. The predicted molar refractivity (Wildman–Crippen MR) is 77.6 cm³/mol. The van der Waals surface area contributed by atoms with Crippen molar-refractivity contribution in [2.75, 3.05) is 26.2 Å². The Morgan fingerprint density at radius 1 is 1.22 bits per heavy atom. The molecule has 3 heteroatoms. The highest BCUT2D eigenvalue weighted by Gasteiger charge is 2.37. The predicted octanol–water partition coefficient (Wildman–Crippen LogP) is 2.38. The van der Waals surface area contributed by atoms with Crippen LogP contribution < -0.4 is 5.73 Å².